The maximum atomic E-state index is 12.5. The van der Waals surface area contributed by atoms with Crippen molar-refractivity contribution in [3.05, 3.63) is 0 Å². The number of nitrogens with zero attached hydrogens (tertiary/aromatic N) is 1. The molecule has 0 bridgehead atoms. The zero-order valence-electron chi connectivity index (χ0n) is 11.6. The van der Waals surface area contributed by atoms with E-state index in [1.807, 2.05) is 4.90 Å². The number of carboxylic acids is 1. The van der Waals surface area contributed by atoms with E-state index in [1.165, 1.54) is 32.1 Å². The van der Waals surface area contributed by atoms with Crippen molar-refractivity contribution in [1.82, 2.24) is 4.90 Å². The lowest BCUT2D eigenvalue weighted by molar-refractivity contribution is -0.145. The van der Waals surface area contributed by atoms with E-state index in [4.69, 9.17) is 5.11 Å². The van der Waals surface area contributed by atoms with Crippen LogP contribution in [0.5, 0.6) is 0 Å². The van der Waals surface area contributed by atoms with Crippen molar-refractivity contribution in [1.29, 1.82) is 0 Å². The van der Waals surface area contributed by atoms with Crippen LogP contribution in [-0.2, 0) is 9.59 Å². The molecule has 4 nitrogen and oxygen atoms in total. The quantitative estimate of drug-likeness (QED) is 0.833. The second-order valence-corrected chi connectivity index (χ2v) is 6.07. The van der Waals surface area contributed by atoms with Gasteiger partial charge in [-0.05, 0) is 31.6 Å². The van der Waals surface area contributed by atoms with E-state index in [0.29, 0.717) is 5.92 Å². The van der Waals surface area contributed by atoms with Gasteiger partial charge in [0.05, 0.1) is 6.42 Å². The molecule has 1 aliphatic heterocycles. The summed E-state index contributed by atoms with van der Waals surface area (Å²) in [5, 5.41) is 9.03. The molecule has 1 heterocycles. The lowest BCUT2D eigenvalue weighted by Crippen LogP contribution is -2.40. The fourth-order valence-corrected chi connectivity index (χ4v) is 3.50. The average molecular weight is 267 g/mol. The van der Waals surface area contributed by atoms with Crippen molar-refractivity contribution in [2.45, 2.75) is 57.8 Å². The number of piperidine rings is 1. The molecule has 1 amide bonds. The Hall–Kier alpha value is -1.06. The fraction of sp³-hybridized carbons (Fsp3) is 0.867. The number of likely N-dealkylation sites (tertiary alicyclic amines) is 1. The van der Waals surface area contributed by atoms with Crippen LogP contribution in [0.4, 0.5) is 0 Å². The molecular weight excluding hydrogens is 242 g/mol. The molecule has 1 aliphatic carbocycles. The van der Waals surface area contributed by atoms with Gasteiger partial charge in [0.1, 0.15) is 0 Å². The highest BCUT2D eigenvalue weighted by molar-refractivity contribution is 5.83. The third kappa shape index (κ3) is 4.22. The Balaban J connectivity index is 1.94. The summed E-state index contributed by atoms with van der Waals surface area (Å²) in [6, 6.07) is 0. The average Bonchev–Trinajstić information content (AvgIpc) is 2.90. The zero-order chi connectivity index (χ0) is 13.7. The number of carbonyl (C=O) groups excluding carboxylic acids is 1. The molecule has 2 aliphatic rings. The highest BCUT2D eigenvalue weighted by atomic mass is 16.4. The van der Waals surface area contributed by atoms with E-state index in [0.717, 1.165) is 32.4 Å². The minimum Gasteiger partial charge on any atom is -0.481 e. The van der Waals surface area contributed by atoms with Crippen molar-refractivity contribution >= 4 is 11.9 Å². The van der Waals surface area contributed by atoms with Crippen LogP contribution < -0.4 is 0 Å². The summed E-state index contributed by atoms with van der Waals surface area (Å²) in [6.45, 7) is 1.64. The van der Waals surface area contributed by atoms with Crippen molar-refractivity contribution in [3.8, 4) is 0 Å². The minimum atomic E-state index is -0.839. The molecule has 2 rings (SSSR count). The molecule has 19 heavy (non-hydrogen) atoms. The maximum absolute atomic E-state index is 12.5. The van der Waals surface area contributed by atoms with E-state index in [-0.39, 0.29) is 18.2 Å². The lowest BCUT2D eigenvalue weighted by Gasteiger charge is -2.31. The second-order valence-electron chi connectivity index (χ2n) is 6.07. The molecule has 1 saturated carbocycles. The zero-order valence-corrected chi connectivity index (χ0v) is 11.6. The van der Waals surface area contributed by atoms with Crippen LogP contribution in [0, 0.1) is 11.8 Å². The first kappa shape index (κ1) is 14.4. The number of aliphatic carboxylic acids is 1. The number of hydrogen-bond acceptors (Lipinski definition) is 2. The number of carbonyl (C=O) groups is 2. The lowest BCUT2D eigenvalue weighted by atomic mass is 9.89. The highest BCUT2D eigenvalue weighted by Crippen LogP contribution is 2.32. The van der Waals surface area contributed by atoms with Crippen LogP contribution in [0.2, 0.25) is 0 Å². The number of rotatable bonds is 5. The Morgan fingerprint density at radius 3 is 2.26 bits per heavy atom. The predicted molar refractivity (Wildman–Crippen MR) is 72.7 cm³/mol. The van der Waals surface area contributed by atoms with Crippen LogP contribution in [0.15, 0.2) is 0 Å². The molecule has 0 radical (unpaired) electrons. The standard InChI is InChI=1S/C15H25NO3/c17-14(18)11-13(10-12-6-2-3-7-12)15(19)16-8-4-1-5-9-16/h12-13H,1-11H2,(H,17,18)/t13-/m1/s1. The minimum absolute atomic E-state index is 0.00579. The second kappa shape index (κ2) is 6.92. The molecule has 0 aromatic carbocycles. The molecule has 2 fully saturated rings. The third-order valence-electron chi connectivity index (χ3n) is 4.53. The van der Waals surface area contributed by atoms with Crippen LogP contribution in [0.25, 0.3) is 0 Å². The van der Waals surface area contributed by atoms with Gasteiger partial charge in [0.25, 0.3) is 0 Å². The van der Waals surface area contributed by atoms with E-state index in [1.54, 1.807) is 0 Å². The van der Waals surface area contributed by atoms with Gasteiger partial charge in [-0.3, -0.25) is 9.59 Å². The number of carboxylic acid groups (broad SMARTS) is 1. The van der Waals surface area contributed by atoms with Gasteiger partial charge >= 0.3 is 5.97 Å². The van der Waals surface area contributed by atoms with E-state index in [9.17, 15) is 9.59 Å². The first-order chi connectivity index (χ1) is 9.16. The fourth-order valence-electron chi connectivity index (χ4n) is 3.50. The molecule has 108 valence electrons. The predicted octanol–water partition coefficient (Wildman–Crippen LogP) is 2.67. The summed E-state index contributed by atoms with van der Waals surface area (Å²) in [5.74, 6) is -0.473. The Kier molecular flexibility index (Phi) is 5.23. The topological polar surface area (TPSA) is 57.6 Å². The summed E-state index contributed by atoms with van der Waals surface area (Å²) in [5.41, 5.74) is 0. The van der Waals surface area contributed by atoms with Crippen molar-refractivity contribution < 1.29 is 14.7 Å². The van der Waals surface area contributed by atoms with Gasteiger partial charge in [-0.25, -0.2) is 0 Å². The third-order valence-corrected chi connectivity index (χ3v) is 4.53. The van der Waals surface area contributed by atoms with Crippen molar-refractivity contribution in [2.24, 2.45) is 11.8 Å². The monoisotopic (exact) mass is 267 g/mol. The Morgan fingerprint density at radius 2 is 1.68 bits per heavy atom. The Morgan fingerprint density at radius 1 is 1.05 bits per heavy atom. The summed E-state index contributed by atoms with van der Waals surface area (Å²) in [4.78, 5) is 25.4. The molecule has 1 N–H and O–H groups in total. The molecule has 1 saturated heterocycles. The first-order valence-corrected chi connectivity index (χ1v) is 7.67. The van der Waals surface area contributed by atoms with Crippen LogP contribution >= 0.6 is 0 Å². The van der Waals surface area contributed by atoms with Gasteiger partial charge < -0.3 is 10.0 Å². The van der Waals surface area contributed by atoms with E-state index in [2.05, 4.69) is 0 Å². The van der Waals surface area contributed by atoms with E-state index >= 15 is 0 Å². The van der Waals surface area contributed by atoms with Crippen molar-refractivity contribution in [2.75, 3.05) is 13.1 Å². The molecule has 0 unspecified atom stereocenters. The van der Waals surface area contributed by atoms with Gasteiger partial charge in [0.2, 0.25) is 5.91 Å². The Bertz CT molecular complexity index is 317. The van der Waals surface area contributed by atoms with Crippen LogP contribution in [0.1, 0.15) is 57.8 Å². The largest absolute Gasteiger partial charge is 0.481 e. The number of hydrogen-bond donors (Lipinski definition) is 1. The molecule has 0 spiro atoms. The van der Waals surface area contributed by atoms with E-state index < -0.39 is 5.97 Å². The molecule has 0 aromatic rings. The number of amides is 1. The van der Waals surface area contributed by atoms with Gasteiger partial charge in [0, 0.05) is 19.0 Å². The van der Waals surface area contributed by atoms with Gasteiger partial charge in [0.15, 0.2) is 0 Å². The smallest absolute Gasteiger partial charge is 0.304 e. The molecule has 0 aromatic heterocycles. The molecule has 4 heteroatoms. The van der Waals surface area contributed by atoms with Gasteiger partial charge in [-0.1, -0.05) is 25.7 Å². The van der Waals surface area contributed by atoms with Gasteiger partial charge in [-0.2, -0.15) is 0 Å². The normalized spacial score (nSPS) is 22.4. The first-order valence-electron chi connectivity index (χ1n) is 7.67. The Labute approximate surface area is 115 Å². The summed E-state index contributed by atoms with van der Waals surface area (Å²) in [7, 11) is 0. The van der Waals surface area contributed by atoms with Crippen LogP contribution in [0.3, 0.4) is 0 Å². The van der Waals surface area contributed by atoms with Gasteiger partial charge in [-0.15, -0.1) is 0 Å². The molecule has 1 atom stereocenters. The van der Waals surface area contributed by atoms with Crippen molar-refractivity contribution in [3.63, 3.8) is 0 Å². The highest BCUT2D eigenvalue weighted by Gasteiger charge is 2.30. The SMILES string of the molecule is O=C(O)C[C@@H](CC1CCCC1)C(=O)N1CCCCC1. The maximum Gasteiger partial charge on any atom is 0.304 e. The van der Waals surface area contributed by atoms with Crippen LogP contribution in [-0.4, -0.2) is 35.0 Å². The summed E-state index contributed by atoms with van der Waals surface area (Å²) < 4.78 is 0. The summed E-state index contributed by atoms with van der Waals surface area (Å²) >= 11 is 0. The molecular formula is C15H25NO3. The summed E-state index contributed by atoms with van der Waals surface area (Å²) in [6.07, 6.45) is 8.92.